The Morgan fingerprint density at radius 1 is 1.12 bits per heavy atom. The zero-order valence-corrected chi connectivity index (χ0v) is 17.6. The van der Waals surface area contributed by atoms with E-state index in [-0.39, 0.29) is 0 Å². The Labute approximate surface area is 167 Å². The van der Waals surface area contributed by atoms with E-state index in [2.05, 4.69) is 69.7 Å². The van der Waals surface area contributed by atoms with Crippen LogP contribution in [0.25, 0.3) is 0 Å². The third-order valence-electron chi connectivity index (χ3n) is 4.28. The first kappa shape index (κ1) is 19.0. The number of hydrogen-bond acceptors (Lipinski definition) is 4. The molecule has 4 nitrogen and oxygen atoms in total. The van der Waals surface area contributed by atoms with Gasteiger partial charge in [-0.1, -0.05) is 52.0 Å². The summed E-state index contributed by atoms with van der Waals surface area (Å²) in [7, 11) is 0. The van der Waals surface area contributed by atoms with Gasteiger partial charge in [-0.15, -0.1) is 10.2 Å². The number of benzene rings is 2. The molecule has 0 bridgehead atoms. The van der Waals surface area contributed by atoms with Crippen molar-refractivity contribution in [1.82, 2.24) is 14.8 Å². The van der Waals surface area contributed by atoms with Crippen LogP contribution in [0.2, 0.25) is 0 Å². The van der Waals surface area contributed by atoms with Gasteiger partial charge in [0.05, 0.1) is 0 Å². The first-order valence-electron chi connectivity index (χ1n) is 8.56. The number of aryl methyl sites for hydroxylation is 1. The van der Waals surface area contributed by atoms with Crippen LogP contribution in [0, 0.1) is 13.8 Å². The van der Waals surface area contributed by atoms with Crippen LogP contribution in [0.5, 0.6) is 5.75 Å². The Hall–Kier alpha value is -1.79. The van der Waals surface area contributed by atoms with Gasteiger partial charge >= 0.3 is 0 Å². The van der Waals surface area contributed by atoms with Gasteiger partial charge in [0.2, 0.25) is 0 Å². The van der Waals surface area contributed by atoms with Gasteiger partial charge in [0.15, 0.2) is 11.0 Å². The van der Waals surface area contributed by atoms with Crippen LogP contribution in [0.4, 0.5) is 0 Å². The van der Waals surface area contributed by atoms with Gasteiger partial charge in [-0.3, -0.25) is 0 Å². The highest BCUT2D eigenvalue weighted by molar-refractivity contribution is 9.10. The molecule has 0 radical (unpaired) electrons. The maximum absolute atomic E-state index is 6.00. The summed E-state index contributed by atoms with van der Waals surface area (Å²) in [6, 6.07) is 14.4. The van der Waals surface area contributed by atoms with Crippen LogP contribution in [-0.4, -0.2) is 14.8 Å². The Morgan fingerprint density at radius 2 is 1.92 bits per heavy atom. The predicted molar refractivity (Wildman–Crippen MR) is 110 cm³/mol. The average Bonchev–Trinajstić information content (AvgIpc) is 3.03. The summed E-state index contributed by atoms with van der Waals surface area (Å²) in [6.07, 6.45) is 0. The lowest BCUT2D eigenvalue weighted by Crippen LogP contribution is -2.07. The zero-order valence-electron chi connectivity index (χ0n) is 15.2. The number of halogens is 1. The Morgan fingerprint density at radius 3 is 2.69 bits per heavy atom. The third kappa shape index (κ3) is 4.48. The molecule has 3 aromatic rings. The Balaban J connectivity index is 1.68. The zero-order chi connectivity index (χ0) is 18.5. The topological polar surface area (TPSA) is 39.9 Å². The van der Waals surface area contributed by atoms with Gasteiger partial charge in [0.1, 0.15) is 12.4 Å². The summed E-state index contributed by atoms with van der Waals surface area (Å²) in [5.74, 6) is 2.61. The standard InChI is InChI=1S/C20H22BrN3OS/c1-4-24-19(12-25-18-10-5-7-14(2)15(18)3)22-23-20(24)26-13-16-8-6-9-17(21)11-16/h5-11H,4,12-13H2,1-3H3. The number of hydrogen-bond donors (Lipinski definition) is 0. The largest absolute Gasteiger partial charge is 0.485 e. The number of aromatic nitrogens is 3. The molecular weight excluding hydrogens is 410 g/mol. The van der Waals surface area contributed by atoms with Crippen molar-refractivity contribution in [2.45, 2.75) is 44.8 Å². The molecule has 6 heteroatoms. The van der Waals surface area contributed by atoms with Crippen LogP contribution in [0.15, 0.2) is 52.1 Å². The monoisotopic (exact) mass is 431 g/mol. The Kier molecular flexibility index (Phi) is 6.38. The number of rotatable bonds is 7. The fourth-order valence-electron chi connectivity index (χ4n) is 2.65. The fraction of sp³-hybridized carbons (Fsp3) is 0.300. The van der Waals surface area contributed by atoms with Crippen molar-refractivity contribution >= 4 is 27.7 Å². The smallest absolute Gasteiger partial charge is 0.191 e. The van der Waals surface area contributed by atoms with E-state index in [1.807, 2.05) is 24.3 Å². The molecule has 1 aromatic heterocycles. The predicted octanol–water partition coefficient (Wildman–Crippen LogP) is 5.55. The highest BCUT2D eigenvalue weighted by atomic mass is 79.9. The molecule has 2 aromatic carbocycles. The van der Waals surface area contributed by atoms with E-state index in [0.29, 0.717) is 6.61 Å². The maximum atomic E-state index is 6.00. The van der Waals surface area contributed by atoms with Crippen molar-refractivity contribution in [2.24, 2.45) is 0 Å². The lowest BCUT2D eigenvalue weighted by molar-refractivity contribution is 0.286. The second-order valence-corrected chi connectivity index (χ2v) is 7.91. The van der Waals surface area contributed by atoms with Gasteiger partial charge in [-0.25, -0.2) is 0 Å². The molecule has 0 aliphatic heterocycles. The summed E-state index contributed by atoms with van der Waals surface area (Å²) >= 11 is 5.21. The molecule has 3 rings (SSSR count). The minimum absolute atomic E-state index is 0.419. The minimum atomic E-state index is 0.419. The van der Waals surface area contributed by atoms with Crippen LogP contribution < -0.4 is 4.74 Å². The summed E-state index contributed by atoms with van der Waals surface area (Å²) in [5.41, 5.74) is 3.65. The van der Waals surface area contributed by atoms with Crippen molar-refractivity contribution in [3.8, 4) is 5.75 Å². The lowest BCUT2D eigenvalue weighted by atomic mass is 10.1. The number of nitrogens with zero attached hydrogens (tertiary/aromatic N) is 3. The minimum Gasteiger partial charge on any atom is -0.485 e. The molecule has 0 aliphatic carbocycles. The highest BCUT2D eigenvalue weighted by Gasteiger charge is 2.13. The fourth-order valence-corrected chi connectivity index (χ4v) is 4.06. The second-order valence-electron chi connectivity index (χ2n) is 6.05. The molecule has 0 spiro atoms. The molecule has 0 saturated carbocycles. The molecular formula is C20H22BrN3OS. The van der Waals surface area contributed by atoms with Crippen LogP contribution >= 0.6 is 27.7 Å². The average molecular weight is 432 g/mol. The van der Waals surface area contributed by atoms with Crippen LogP contribution in [0.1, 0.15) is 29.4 Å². The molecule has 136 valence electrons. The van der Waals surface area contributed by atoms with E-state index in [9.17, 15) is 0 Å². The van der Waals surface area contributed by atoms with Gasteiger partial charge in [-0.05, 0) is 55.7 Å². The second kappa shape index (κ2) is 8.73. The van der Waals surface area contributed by atoms with E-state index < -0.39 is 0 Å². The number of thioether (sulfide) groups is 1. The van der Waals surface area contributed by atoms with Crippen molar-refractivity contribution in [3.05, 3.63) is 69.5 Å². The Bertz CT molecular complexity index is 895. The van der Waals surface area contributed by atoms with Crippen molar-refractivity contribution in [3.63, 3.8) is 0 Å². The van der Waals surface area contributed by atoms with Crippen LogP contribution in [-0.2, 0) is 18.9 Å². The lowest BCUT2D eigenvalue weighted by Gasteiger charge is -2.11. The molecule has 0 atom stereocenters. The molecule has 0 N–H and O–H groups in total. The normalized spacial score (nSPS) is 10.9. The molecule has 1 heterocycles. The quantitative estimate of drug-likeness (QED) is 0.459. The SMILES string of the molecule is CCn1c(COc2cccc(C)c2C)nnc1SCc1cccc(Br)c1. The van der Waals surface area contributed by atoms with Gasteiger partial charge in [0, 0.05) is 16.8 Å². The highest BCUT2D eigenvalue weighted by Crippen LogP contribution is 2.25. The summed E-state index contributed by atoms with van der Waals surface area (Å²) in [4.78, 5) is 0. The molecule has 0 saturated heterocycles. The van der Waals surface area contributed by atoms with E-state index in [1.165, 1.54) is 16.7 Å². The van der Waals surface area contributed by atoms with Crippen molar-refractivity contribution in [1.29, 1.82) is 0 Å². The number of ether oxygens (including phenoxy) is 1. The van der Waals surface area contributed by atoms with Gasteiger partial charge < -0.3 is 9.30 Å². The first-order valence-corrected chi connectivity index (χ1v) is 10.3. The first-order chi connectivity index (χ1) is 12.6. The molecule has 0 amide bonds. The summed E-state index contributed by atoms with van der Waals surface area (Å²) < 4.78 is 9.21. The summed E-state index contributed by atoms with van der Waals surface area (Å²) in [6.45, 7) is 7.51. The molecule has 0 aliphatic rings. The van der Waals surface area contributed by atoms with Crippen LogP contribution in [0.3, 0.4) is 0 Å². The van der Waals surface area contributed by atoms with E-state index in [0.717, 1.165) is 33.5 Å². The van der Waals surface area contributed by atoms with E-state index >= 15 is 0 Å². The molecule has 26 heavy (non-hydrogen) atoms. The summed E-state index contributed by atoms with van der Waals surface area (Å²) in [5, 5.41) is 9.63. The van der Waals surface area contributed by atoms with Gasteiger partial charge in [-0.2, -0.15) is 0 Å². The molecule has 0 fully saturated rings. The van der Waals surface area contributed by atoms with E-state index in [1.54, 1.807) is 11.8 Å². The van der Waals surface area contributed by atoms with Crippen molar-refractivity contribution in [2.75, 3.05) is 0 Å². The molecule has 0 unspecified atom stereocenters. The van der Waals surface area contributed by atoms with Gasteiger partial charge in [0.25, 0.3) is 0 Å². The van der Waals surface area contributed by atoms with E-state index in [4.69, 9.17) is 4.74 Å². The van der Waals surface area contributed by atoms with Crippen molar-refractivity contribution < 1.29 is 4.74 Å². The maximum Gasteiger partial charge on any atom is 0.191 e. The third-order valence-corrected chi connectivity index (χ3v) is 5.81.